The Labute approximate surface area is 118 Å². The summed E-state index contributed by atoms with van der Waals surface area (Å²) in [6.07, 6.45) is 5.35. The minimum atomic E-state index is 0.320. The third kappa shape index (κ3) is 3.72. The molecule has 2 rings (SSSR count). The largest absolute Gasteiger partial charge is 0.507 e. The maximum Gasteiger partial charge on any atom is 0.129 e. The highest BCUT2D eigenvalue weighted by Crippen LogP contribution is 2.26. The molecule has 0 saturated carbocycles. The summed E-state index contributed by atoms with van der Waals surface area (Å²) in [6, 6.07) is 5.81. The molecule has 100 valence electrons. The topological polar surface area (TPSA) is 23.5 Å². The van der Waals surface area contributed by atoms with E-state index in [1.54, 1.807) is 6.07 Å². The lowest BCUT2D eigenvalue weighted by Gasteiger charge is -2.20. The molecule has 0 radical (unpaired) electrons. The van der Waals surface area contributed by atoms with Gasteiger partial charge in [0, 0.05) is 6.54 Å². The standard InChI is InChI=1S/C15H22BrNO/c1-2-12-4-3-8-17(9-7-12)11-13-5-6-15(18)14(16)10-13/h5-6,10,12,18H,2-4,7-9,11H2,1H3. The number of likely N-dealkylation sites (tertiary alicyclic amines) is 1. The summed E-state index contributed by atoms with van der Waals surface area (Å²) in [5.74, 6) is 1.24. The minimum Gasteiger partial charge on any atom is -0.507 e. The number of aromatic hydroxyl groups is 1. The molecule has 1 aliphatic heterocycles. The zero-order chi connectivity index (χ0) is 13.0. The maximum absolute atomic E-state index is 9.50. The fourth-order valence-electron chi connectivity index (χ4n) is 2.70. The van der Waals surface area contributed by atoms with E-state index in [-0.39, 0.29) is 0 Å². The molecule has 2 nitrogen and oxygen atoms in total. The first-order chi connectivity index (χ1) is 8.69. The minimum absolute atomic E-state index is 0.320. The molecule has 3 heteroatoms. The van der Waals surface area contributed by atoms with Crippen molar-refractivity contribution < 1.29 is 5.11 Å². The normalized spacial score (nSPS) is 21.8. The molecular weight excluding hydrogens is 290 g/mol. The fourth-order valence-corrected chi connectivity index (χ4v) is 3.12. The summed E-state index contributed by atoms with van der Waals surface area (Å²) in [5.41, 5.74) is 1.27. The van der Waals surface area contributed by atoms with Crippen LogP contribution < -0.4 is 0 Å². The van der Waals surface area contributed by atoms with E-state index in [2.05, 4.69) is 27.8 Å². The van der Waals surface area contributed by atoms with E-state index in [4.69, 9.17) is 0 Å². The Balaban J connectivity index is 1.94. The van der Waals surface area contributed by atoms with Gasteiger partial charge in [0.25, 0.3) is 0 Å². The van der Waals surface area contributed by atoms with Gasteiger partial charge in [-0.1, -0.05) is 19.4 Å². The fraction of sp³-hybridized carbons (Fsp3) is 0.600. The first-order valence-corrected chi connectivity index (χ1v) is 7.68. The van der Waals surface area contributed by atoms with Crippen molar-refractivity contribution >= 4 is 15.9 Å². The highest BCUT2D eigenvalue weighted by Gasteiger charge is 2.15. The molecule has 1 atom stereocenters. The second-order valence-electron chi connectivity index (χ2n) is 5.27. The van der Waals surface area contributed by atoms with E-state index < -0.39 is 0 Å². The SMILES string of the molecule is CCC1CCCN(Cc2ccc(O)c(Br)c2)CC1. The monoisotopic (exact) mass is 311 g/mol. The zero-order valence-electron chi connectivity index (χ0n) is 11.0. The second-order valence-corrected chi connectivity index (χ2v) is 6.12. The molecule has 1 unspecified atom stereocenters. The molecule has 1 aliphatic rings. The van der Waals surface area contributed by atoms with Gasteiger partial charge >= 0.3 is 0 Å². The Hall–Kier alpha value is -0.540. The van der Waals surface area contributed by atoms with Gasteiger partial charge in [0.15, 0.2) is 0 Å². The van der Waals surface area contributed by atoms with Crippen LogP contribution >= 0.6 is 15.9 Å². The molecular formula is C15H22BrNO. The molecule has 1 heterocycles. The van der Waals surface area contributed by atoms with Gasteiger partial charge < -0.3 is 5.11 Å². The van der Waals surface area contributed by atoms with Gasteiger partial charge in [0.1, 0.15) is 5.75 Å². The lowest BCUT2D eigenvalue weighted by Crippen LogP contribution is -2.24. The molecule has 1 aromatic rings. The van der Waals surface area contributed by atoms with Crippen LogP contribution in [0.3, 0.4) is 0 Å². The first kappa shape index (κ1) is 13.9. The quantitative estimate of drug-likeness (QED) is 0.905. The Kier molecular flexibility index (Phi) is 5.07. The molecule has 0 bridgehead atoms. The number of nitrogens with zero attached hydrogens (tertiary/aromatic N) is 1. The predicted molar refractivity (Wildman–Crippen MR) is 78.7 cm³/mol. The number of phenols is 1. The number of halogens is 1. The first-order valence-electron chi connectivity index (χ1n) is 6.88. The molecule has 1 fully saturated rings. The molecule has 1 N–H and O–H groups in total. The summed E-state index contributed by atoms with van der Waals surface area (Å²) in [6.45, 7) is 5.71. The van der Waals surface area contributed by atoms with Crippen molar-refractivity contribution in [3.63, 3.8) is 0 Å². The average Bonchev–Trinajstić information content (AvgIpc) is 2.59. The average molecular weight is 312 g/mol. The zero-order valence-corrected chi connectivity index (χ0v) is 12.6. The van der Waals surface area contributed by atoms with Crippen molar-refractivity contribution in [3.8, 4) is 5.75 Å². The number of rotatable bonds is 3. The lowest BCUT2D eigenvalue weighted by molar-refractivity contribution is 0.272. The van der Waals surface area contributed by atoms with Gasteiger partial charge in [-0.25, -0.2) is 0 Å². The van der Waals surface area contributed by atoms with Crippen LogP contribution in [0.4, 0.5) is 0 Å². The third-order valence-corrected chi connectivity index (χ3v) is 4.57. The molecule has 0 aromatic heterocycles. The summed E-state index contributed by atoms with van der Waals surface area (Å²) in [4.78, 5) is 2.54. The van der Waals surface area contributed by atoms with E-state index >= 15 is 0 Å². The molecule has 1 aromatic carbocycles. The van der Waals surface area contributed by atoms with Crippen LogP contribution in [0.25, 0.3) is 0 Å². The summed E-state index contributed by atoms with van der Waals surface area (Å²) in [7, 11) is 0. The third-order valence-electron chi connectivity index (χ3n) is 3.94. The van der Waals surface area contributed by atoms with Crippen molar-refractivity contribution in [3.05, 3.63) is 28.2 Å². The molecule has 0 aliphatic carbocycles. The molecule has 0 amide bonds. The van der Waals surface area contributed by atoms with Crippen molar-refractivity contribution in [2.75, 3.05) is 13.1 Å². The van der Waals surface area contributed by atoms with Gasteiger partial charge in [0.05, 0.1) is 4.47 Å². The second kappa shape index (κ2) is 6.58. The van der Waals surface area contributed by atoms with Crippen molar-refractivity contribution in [2.45, 2.75) is 39.2 Å². The molecule has 1 saturated heterocycles. The van der Waals surface area contributed by atoms with E-state index in [0.717, 1.165) is 16.9 Å². The van der Waals surface area contributed by atoms with Gasteiger partial charge in [-0.15, -0.1) is 0 Å². The number of hydrogen-bond donors (Lipinski definition) is 1. The lowest BCUT2D eigenvalue weighted by atomic mass is 9.98. The van der Waals surface area contributed by atoms with Crippen molar-refractivity contribution in [1.82, 2.24) is 4.90 Å². The van der Waals surface area contributed by atoms with E-state index in [9.17, 15) is 5.11 Å². The van der Waals surface area contributed by atoms with Gasteiger partial charge in [-0.3, -0.25) is 4.90 Å². The Morgan fingerprint density at radius 2 is 2.17 bits per heavy atom. The van der Waals surface area contributed by atoms with Gasteiger partial charge in [-0.05, 0) is 71.9 Å². The van der Waals surface area contributed by atoms with Crippen LogP contribution in [0.1, 0.15) is 38.2 Å². The Morgan fingerprint density at radius 1 is 1.33 bits per heavy atom. The molecule has 0 spiro atoms. The van der Waals surface area contributed by atoms with Crippen molar-refractivity contribution in [2.24, 2.45) is 5.92 Å². The van der Waals surface area contributed by atoms with Crippen LogP contribution in [-0.4, -0.2) is 23.1 Å². The smallest absolute Gasteiger partial charge is 0.129 e. The van der Waals surface area contributed by atoms with Crippen LogP contribution in [-0.2, 0) is 6.54 Å². The highest BCUT2D eigenvalue weighted by molar-refractivity contribution is 9.10. The number of phenolic OH excluding ortho intramolecular Hbond substituents is 1. The van der Waals surface area contributed by atoms with Crippen LogP contribution in [0.5, 0.6) is 5.75 Å². The molecule has 18 heavy (non-hydrogen) atoms. The number of hydrogen-bond acceptors (Lipinski definition) is 2. The summed E-state index contributed by atoms with van der Waals surface area (Å²) < 4.78 is 0.793. The van der Waals surface area contributed by atoms with Crippen LogP contribution in [0.2, 0.25) is 0 Å². The van der Waals surface area contributed by atoms with E-state index in [1.165, 1.54) is 44.3 Å². The highest BCUT2D eigenvalue weighted by atomic mass is 79.9. The van der Waals surface area contributed by atoms with Crippen molar-refractivity contribution in [1.29, 1.82) is 0 Å². The Morgan fingerprint density at radius 3 is 2.89 bits per heavy atom. The van der Waals surface area contributed by atoms with E-state index in [1.807, 2.05) is 12.1 Å². The van der Waals surface area contributed by atoms with Crippen LogP contribution in [0, 0.1) is 5.92 Å². The maximum atomic E-state index is 9.50. The number of benzene rings is 1. The van der Waals surface area contributed by atoms with Gasteiger partial charge in [-0.2, -0.15) is 0 Å². The van der Waals surface area contributed by atoms with Crippen LogP contribution in [0.15, 0.2) is 22.7 Å². The summed E-state index contributed by atoms with van der Waals surface area (Å²) in [5, 5.41) is 9.50. The Bertz CT molecular complexity index is 394. The van der Waals surface area contributed by atoms with E-state index in [0.29, 0.717) is 5.75 Å². The predicted octanol–water partition coefficient (Wildman–Crippen LogP) is 4.17. The van der Waals surface area contributed by atoms with Gasteiger partial charge in [0.2, 0.25) is 0 Å². The summed E-state index contributed by atoms with van der Waals surface area (Å²) >= 11 is 3.38.